The molecule has 0 saturated heterocycles. The number of anilines is 2. The summed E-state index contributed by atoms with van der Waals surface area (Å²) in [6, 6.07) is 8.34. The first-order chi connectivity index (χ1) is 9.65. The van der Waals surface area contributed by atoms with Crippen molar-refractivity contribution in [1.82, 2.24) is 9.97 Å². The summed E-state index contributed by atoms with van der Waals surface area (Å²) in [6.45, 7) is 4.09. The van der Waals surface area contributed by atoms with E-state index < -0.39 is 0 Å². The lowest BCUT2D eigenvalue weighted by Gasteiger charge is -2.08. The van der Waals surface area contributed by atoms with Crippen LogP contribution in [0.5, 0.6) is 0 Å². The Balaban J connectivity index is 2.06. The van der Waals surface area contributed by atoms with Crippen molar-refractivity contribution in [1.29, 1.82) is 0 Å². The standard InChI is InChI=1S/C15H14FN3S/c1-3-13-18-14(12-8-9(2)20-15(12)19-13)17-11-6-4-10(16)5-7-11/h4-8H,3H2,1-2H3,(H,17,18,19). The Kier molecular flexibility index (Phi) is 3.36. The molecule has 2 aromatic heterocycles. The number of hydrogen-bond acceptors (Lipinski definition) is 4. The summed E-state index contributed by atoms with van der Waals surface area (Å²) in [5.41, 5.74) is 0.817. The van der Waals surface area contributed by atoms with Crippen LogP contribution in [0.15, 0.2) is 30.3 Å². The second kappa shape index (κ2) is 5.17. The summed E-state index contributed by atoms with van der Waals surface area (Å²) >= 11 is 1.66. The van der Waals surface area contributed by atoms with Crippen molar-refractivity contribution in [3.63, 3.8) is 0 Å². The zero-order valence-corrected chi connectivity index (χ0v) is 12.1. The summed E-state index contributed by atoms with van der Waals surface area (Å²) in [5, 5.41) is 4.26. The van der Waals surface area contributed by atoms with Gasteiger partial charge in [0.25, 0.3) is 0 Å². The minimum atomic E-state index is -0.246. The molecule has 0 atom stereocenters. The van der Waals surface area contributed by atoms with Gasteiger partial charge in [-0.3, -0.25) is 0 Å². The van der Waals surface area contributed by atoms with E-state index in [-0.39, 0.29) is 5.82 Å². The topological polar surface area (TPSA) is 37.8 Å². The number of rotatable bonds is 3. The molecule has 3 rings (SSSR count). The van der Waals surface area contributed by atoms with E-state index in [4.69, 9.17) is 0 Å². The zero-order chi connectivity index (χ0) is 14.1. The Morgan fingerprint density at radius 1 is 1.20 bits per heavy atom. The van der Waals surface area contributed by atoms with E-state index in [2.05, 4.69) is 28.3 Å². The fraction of sp³-hybridized carbons (Fsp3) is 0.200. The number of aryl methyl sites for hydroxylation is 2. The molecule has 2 heterocycles. The second-order valence-corrected chi connectivity index (χ2v) is 5.78. The van der Waals surface area contributed by atoms with Crippen LogP contribution in [0.1, 0.15) is 17.6 Å². The van der Waals surface area contributed by atoms with Crippen LogP contribution in [-0.4, -0.2) is 9.97 Å². The Morgan fingerprint density at radius 3 is 2.65 bits per heavy atom. The van der Waals surface area contributed by atoms with Crippen molar-refractivity contribution in [3.05, 3.63) is 46.9 Å². The van der Waals surface area contributed by atoms with Crippen molar-refractivity contribution in [2.45, 2.75) is 20.3 Å². The highest BCUT2D eigenvalue weighted by atomic mass is 32.1. The monoisotopic (exact) mass is 287 g/mol. The molecule has 1 aromatic carbocycles. The van der Waals surface area contributed by atoms with Crippen molar-refractivity contribution >= 4 is 33.1 Å². The van der Waals surface area contributed by atoms with Crippen molar-refractivity contribution in [2.24, 2.45) is 0 Å². The Hall–Kier alpha value is -2.01. The molecule has 1 N–H and O–H groups in total. The molecule has 0 aliphatic carbocycles. The number of hydrogen-bond donors (Lipinski definition) is 1. The average Bonchev–Trinajstić information content (AvgIpc) is 2.81. The Labute approximate surface area is 120 Å². The maximum Gasteiger partial charge on any atom is 0.142 e. The smallest absolute Gasteiger partial charge is 0.142 e. The van der Waals surface area contributed by atoms with Crippen LogP contribution >= 0.6 is 11.3 Å². The van der Waals surface area contributed by atoms with Crippen LogP contribution in [0.25, 0.3) is 10.2 Å². The molecule has 0 aliphatic rings. The molecule has 0 saturated carbocycles. The van der Waals surface area contributed by atoms with Crippen molar-refractivity contribution in [2.75, 3.05) is 5.32 Å². The summed E-state index contributed by atoms with van der Waals surface area (Å²) in [4.78, 5) is 11.3. The third-order valence-corrected chi connectivity index (χ3v) is 3.93. The van der Waals surface area contributed by atoms with Crippen LogP contribution in [-0.2, 0) is 6.42 Å². The number of thiophene rings is 1. The molecular formula is C15H14FN3S. The summed E-state index contributed by atoms with van der Waals surface area (Å²) < 4.78 is 12.9. The normalized spacial score (nSPS) is 10.9. The van der Waals surface area contributed by atoms with Crippen molar-refractivity contribution in [3.8, 4) is 0 Å². The first-order valence-electron chi connectivity index (χ1n) is 6.45. The summed E-state index contributed by atoms with van der Waals surface area (Å²) in [7, 11) is 0. The maximum atomic E-state index is 12.9. The van der Waals surface area contributed by atoms with Crippen LogP contribution in [0.2, 0.25) is 0 Å². The minimum absolute atomic E-state index is 0.246. The fourth-order valence-corrected chi connectivity index (χ4v) is 2.91. The molecule has 0 aliphatic heterocycles. The number of halogens is 1. The van der Waals surface area contributed by atoms with E-state index in [1.807, 2.05) is 6.92 Å². The predicted molar refractivity (Wildman–Crippen MR) is 81.2 cm³/mol. The van der Waals surface area contributed by atoms with Crippen LogP contribution in [0.4, 0.5) is 15.9 Å². The molecule has 5 heteroatoms. The Morgan fingerprint density at radius 2 is 1.95 bits per heavy atom. The first-order valence-corrected chi connectivity index (χ1v) is 7.27. The maximum absolute atomic E-state index is 12.9. The molecule has 0 radical (unpaired) electrons. The molecule has 0 fully saturated rings. The van der Waals surface area contributed by atoms with E-state index in [0.717, 1.165) is 34.0 Å². The fourth-order valence-electron chi connectivity index (χ4n) is 2.01. The van der Waals surface area contributed by atoms with Gasteiger partial charge in [0.1, 0.15) is 22.3 Å². The lowest BCUT2D eigenvalue weighted by molar-refractivity contribution is 0.628. The van der Waals surface area contributed by atoms with Gasteiger partial charge in [-0.2, -0.15) is 0 Å². The van der Waals surface area contributed by atoms with Crippen molar-refractivity contribution < 1.29 is 4.39 Å². The number of nitrogens with one attached hydrogen (secondary N) is 1. The lowest BCUT2D eigenvalue weighted by Crippen LogP contribution is -1.99. The van der Waals surface area contributed by atoms with Gasteiger partial charge in [0.15, 0.2) is 0 Å². The van der Waals surface area contributed by atoms with Crippen LogP contribution in [0.3, 0.4) is 0 Å². The molecule has 0 spiro atoms. The zero-order valence-electron chi connectivity index (χ0n) is 11.3. The molecule has 3 aromatic rings. The minimum Gasteiger partial charge on any atom is -0.340 e. The van der Waals surface area contributed by atoms with Gasteiger partial charge in [-0.1, -0.05) is 6.92 Å². The van der Waals surface area contributed by atoms with Gasteiger partial charge in [0, 0.05) is 17.0 Å². The second-order valence-electron chi connectivity index (χ2n) is 4.55. The van der Waals surface area contributed by atoms with E-state index in [9.17, 15) is 4.39 Å². The highest BCUT2D eigenvalue weighted by Gasteiger charge is 2.10. The number of benzene rings is 1. The molecule has 3 nitrogen and oxygen atoms in total. The predicted octanol–water partition coefficient (Wildman–Crippen LogP) is 4.44. The average molecular weight is 287 g/mol. The molecular weight excluding hydrogens is 273 g/mol. The van der Waals surface area contributed by atoms with Crippen LogP contribution in [0, 0.1) is 12.7 Å². The lowest BCUT2D eigenvalue weighted by atomic mass is 10.3. The third-order valence-electron chi connectivity index (χ3n) is 2.99. The van der Waals surface area contributed by atoms with Crippen LogP contribution < -0.4 is 5.32 Å². The van der Waals surface area contributed by atoms with Gasteiger partial charge >= 0.3 is 0 Å². The quantitative estimate of drug-likeness (QED) is 0.773. The molecule has 0 unspecified atom stereocenters. The number of nitrogens with zero attached hydrogens (tertiary/aromatic N) is 2. The summed E-state index contributed by atoms with van der Waals surface area (Å²) in [5.74, 6) is 1.34. The van der Waals surface area contributed by atoms with Gasteiger partial charge in [-0.25, -0.2) is 14.4 Å². The van der Waals surface area contributed by atoms with Gasteiger partial charge in [-0.15, -0.1) is 11.3 Å². The van der Waals surface area contributed by atoms with Gasteiger partial charge in [-0.05, 0) is 37.3 Å². The van der Waals surface area contributed by atoms with E-state index >= 15 is 0 Å². The summed E-state index contributed by atoms with van der Waals surface area (Å²) in [6.07, 6.45) is 0.783. The first kappa shape index (κ1) is 13.0. The SMILES string of the molecule is CCc1nc(Nc2ccc(F)cc2)c2cc(C)sc2n1. The third kappa shape index (κ3) is 2.49. The molecule has 0 amide bonds. The highest BCUT2D eigenvalue weighted by molar-refractivity contribution is 7.18. The number of fused-ring (bicyclic) bond motifs is 1. The molecule has 0 bridgehead atoms. The van der Waals surface area contributed by atoms with E-state index in [0.29, 0.717) is 0 Å². The highest BCUT2D eigenvalue weighted by Crippen LogP contribution is 2.30. The van der Waals surface area contributed by atoms with E-state index in [1.165, 1.54) is 17.0 Å². The van der Waals surface area contributed by atoms with Gasteiger partial charge < -0.3 is 5.32 Å². The Bertz CT molecular complexity index is 750. The van der Waals surface area contributed by atoms with Gasteiger partial charge in [0.2, 0.25) is 0 Å². The largest absolute Gasteiger partial charge is 0.340 e. The molecule has 102 valence electrons. The van der Waals surface area contributed by atoms with E-state index in [1.54, 1.807) is 23.5 Å². The number of aromatic nitrogens is 2. The van der Waals surface area contributed by atoms with Gasteiger partial charge in [0.05, 0.1) is 5.39 Å². The molecule has 20 heavy (non-hydrogen) atoms.